The summed E-state index contributed by atoms with van der Waals surface area (Å²) < 4.78 is 25.8. The molecule has 0 amide bonds. The van der Waals surface area contributed by atoms with Gasteiger partial charge in [-0.2, -0.15) is 8.42 Å². The maximum Gasteiger partial charge on any atom is 0.315 e. The highest BCUT2D eigenvalue weighted by Gasteiger charge is 2.11. The molecule has 5 heteroatoms. The standard InChI is InChI=1S/C8H8O4S/c9-7-12-13(10,11)6-8-4-2-1-3-5-8/h1-5,7H,6H2. The summed E-state index contributed by atoms with van der Waals surface area (Å²) in [5, 5.41) is 0. The lowest BCUT2D eigenvalue weighted by molar-refractivity contribution is -0.120. The molecule has 4 nitrogen and oxygen atoms in total. The Morgan fingerprint density at radius 2 is 1.85 bits per heavy atom. The van der Waals surface area contributed by atoms with Crippen LogP contribution in [0.2, 0.25) is 0 Å². The SMILES string of the molecule is O=COS(=O)(=O)Cc1ccccc1. The summed E-state index contributed by atoms with van der Waals surface area (Å²) >= 11 is 0. The molecule has 70 valence electrons. The summed E-state index contributed by atoms with van der Waals surface area (Å²) in [6, 6.07) is 8.49. The van der Waals surface area contributed by atoms with Gasteiger partial charge in [-0.3, -0.25) is 4.79 Å². The number of carbonyl (C=O) groups is 1. The molecule has 0 aliphatic heterocycles. The molecule has 0 heterocycles. The molecule has 0 saturated carbocycles. The molecular weight excluding hydrogens is 192 g/mol. The Hall–Kier alpha value is -1.36. The number of carbonyl (C=O) groups excluding carboxylic acids is 1. The van der Waals surface area contributed by atoms with Crippen LogP contribution in [0.25, 0.3) is 0 Å². The van der Waals surface area contributed by atoms with Gasteiger partial charge < -0.3 is 4.18 Å². The van der Waals surface area contributed by atoms with Crippen LogP contribution in [0.5, 0.6) is 0 Å². The Labute approximate surface area is 76.3 Å². The Morgan fingerprint density at radius 1 is 1.23 bits per heavy atom. The number of rotatable bonds is 4. The fourth-order valence-electron chi connectivity index (χ4n) is 0.872. The predicted octanol–water partition coefficient (Wildman–Crippen LogP) is 0.689. The van der Waals surface area contributed by atoms with Gasteiger partial charge in [-0.05, 0) is 5.56 Å². The van der Waals surface area contributed by atoms with Crippen molar-refractivity contribution in [2.24, 2.45) is 0 Å². The first-order chi connectivity index (χ1) is 6.14. The van der Waals surface area contributed by atoms with Crippen molar-refractivity contribution in [1.29, 1.82) is 0 Å². The lowest BCUT2D eigenvalue weighted by atomic mass is 10.2. The minimum absolute atomic E-state index is 0.0850. The lowest BCUT2D eigenvalue weighted by Crippen LogP contribution is -2.07. The highest BCUT2D eigenvalue weighted by molar-refractivity contribution is 7.86. The van der Waals surface area contributed by atoms with Crippen molar-refractivity contribution in [1.82, 2.24) is 0 Å². The summed E-state index contributed by atoms with van der Waals surface area (Å²) in [7, 11) is -3.75. The average Bonchev–Trinajstić information content (AvgIpc) is 2.04. The van der Waals surface area contributed by atoms with Crippen LogP contribution < -0.4 is 0 Å². The zero-order valence-corrected chi connectivity index (χ0v) is 7.53. The summed E-state index contributed by atoms with van der Waals surface area (Å²) in [4.78, 5) is 9.81. The van der Waals surface area contributed by atoms with E-state index in [1.807, 2.05) is 0 Å². The van der Waals surface area contributed by atoms with Gasteiger partial charge in [0, 0.05) is 0 Å². The molecule has 0 aromatic heterocycles. The highest BCUT2D eigenvalue weighted by Crippen LogP contribution is 2.05. The average molecular weight is 200 g/mol. The van der Waals surface area contributed by atoms with Gasteiger partial charge in [0.2, 0.25) is 0 Å². The first-order valence-corrected chi connectivity index (χ1v) is 5.10. The van der Waals surface area contributed by atoms with Crippen LogP contribution in [0.1, 0.15) is 5.56 Å². The van der Waals surface area contributed by atoms with Crippen molar-refractivity contribution in [3.8, 4) is 0 Å². The van der Waals surface area contributed by atoms with Crippen molar-refractivity contribution in [2.75, 3.05) is 0 Å². The third kappa shape index (κ3) is 3.25. The third-order valence-corrected chi connectivity index (χ3v) is 2.43. The molecule has 13 heavy (non-hydrogen) atoms. The second kappa shape index (κ2) is 4.04. The van der Waals surface area contributed by atoms with E-state index in [1.165, 1.54) is 0 Å². The molecular formula is C8H8O4S. The van der Waals surface area contributed by atoms with Crippen LogP contribution in [-0.4, -0.2) is 14.9 Å². The van der Waals surface area contributed by atoms with Gasteiger partial charge >= 0.3 is 16.6 Å². The van der Waals surface area contributed by atoms with E-state index in [2.05, 4.69) is 4.18 Å². The fraction of sp³-hybridized carbons (Fsp3) is 0.125. The predicted molar refractivity (Wildman–Crippen MR) is 46.2 cm³/mol. The van der Waals surface area contributed by atoms with Crippen LogP contribution in [0.3, 0.4) is 0 Å². The smallest absolute Gasteiger partial charge is 0.315 e. The van der Waals surface area contributed by atoms with Crippen molar-refractivity contribution in [3.05, 3.63) is 35.9 Å². The third-order valence-electron chi connectivity index (χ3n) is 1.37. The molecule has 0 fully saturated rings. The maximum atomic E-state index is 10.9. The van der Waals surface area contributed by atoms with Gasteiger partial charge in [-0.1, -0.05) is 30.3 Å². The molecule has 0 aliphatic rings. The Bertz CT molecular complexity index is 368. The molecule has 0 N–H and O–H groups in total. The second-order valence-corrected chi connectivity index (χ2v) is 3.98. The first-order valence-electron chi connectivity index (χ1n) is 3.52. The van der Waals surface area contributed by atoms with Crippen LogP contribution in [0, 0.1) is 0 Å². The molecule has 1 rings (SSSR count). The lowest BCUT2D eigenvalue weighted by Gasteiger charge is -1.99. The Balaban J connectivity index is 2.75. The molecule has 0 spiro atoms. The highest BCUT2D eigenvalue weighted by atomic mass is 32.2. The van der Waals surface area contributed by atoms with E-state index in [1.54, 1.807) is 30.3 Å². The normalized spacial score (nSPS) is 10.8. The van der Waals surface area contributed by atoms with Gasteiger partial charge in [-0.25, -0.2) is 0 Å². The number of hydrogen-bond donors (Lipinski definition) is 0. The van der Waals surface area contributed by atoms with Gasteiger partial charge in [0.05, 0.1) is 0 Å². The molecule has 1 aromatic rings. The molecule has 0 atom stereocenters. The largest absolute Gasteiger partial charge is 0.348 e. The van der Waals surface area contributed by atoms with E-state index in [4.69, 9.17) is 0 Å². The van der Waals surface area contributed by atoms with Crippen molar-refractivity contribution in [3.63, 3.8) is 0 Å². The molecule has 1 aromatic carbocycles. The van der Waals surface area contributed by atoms with Crippen LogP contribution in [0.15, 0.2) is 30.3 Å². The number of benzene rings is 1. The molecule has 0 aliphatic carbocycles. The van der Waals surface area contributed by atoms with Crippen LogP contribution >= 0.6 is 0 Å². The van der Waals surface area contributed by atoms with Crippen LogP contribution in [0.4, 0.5) is 0 Å². The van der Waals surface area contributed by atoms with Gasteiger partial charge in [0.15, 0.2) is 0 Å². The summed E-state index contributed by atoms with van der Waals surface area (Å²) in [6.07, 6.45) is 0. The van der Waals surface area contributed by atoms with E-state index < -0.39 is 10.1 Å². The number of hydrogen-bond acceptors (Lipinski definition) is 4. The minimum atomic E-state index is -3.75. The van der Waals surface area contributed by atoms with E-state index in [0.29, 0.717) is 5.56 Å². The monoisotopic (exact) mass is 200 g/mol. The summed E-state index contributed by atoms with van der Waals surface area (Å²) in [6.45, 7) is -0.0850. The van der Waals surface area contributed by atoms with Crippen LogP contribution in [-0.2, 0) is 24.8 Å². The van der Waals surface area contributed by atoms with Crippen molar-refractivity contribution >= 4 is 16.6 Å². The van der Waals surface area contributed by atoms with Gasteiger partial charge in [-0.15, -0.1) is 0 Å². The van der Waals surface area contributed by atoms with E-state index >= 15 is 0 Å². The summed E-state index contributed by atoms with van der Waals surface area (Å²) in [5.41, 5.74) is 0.587. The van der Waals surface area contributed by atoms with E-state index in [9.17, 15) is 13.2 Å². The Morgan fingerprint density at radius 3 is 2.38 bits per heavy atom. The maximum absolute atomic E-state index is 10.9. The van der Waals surface area contributed by atoms with E-state index in [-0.39, 0.29) is 12.2 Å². The van der Waals surface area contributed by atoms with Gasteiger partial charge in [0.25, 0.3) is 0 Å². The quantitative estimate of drug-likeness (QED) is 0.530. The zero-order chi connectivity index (χ0) is 9.73. The van der Waals surface area contributed by atoms with Crippen molar-refractivity contribution < 1.29 is 17.4 Å². The zero-order valence-electron chi connectivity index (χ0n) is 6.71. The topological polar surface area (TPSA) is 60.4 Å². The molecule has 0 unspecified atom stereocenters. The summed E-state index contributed by atoms with van der Waals surface area (Å²) in [5.74, 6) is -0.285. The van der Waals surface area contributed by atoms with Crippen molar-refractivity contribution in [2.45, 2.75) is 5.75 Å². The second-order valence-electron chi connectivity index (χ2n) is 2.38. The molecule has 0 bridgehead atoms. The van der Waals surface area contributed by atoms with E-state index in [0.717, 1.165) is 0 Å². The Kier molecular flexibility index (Phi) is 3.02. The first kappa shape index (κ1) is 9.73. The molecule has 0 radical (unpaired) electrons. The minimum Gasteiger partial charge on any atom is -0.348 e. The van der Waals surface area contributed by atoms with Gasteiger partial charge in [0.1, 0.15) is 5.75 Å². The fourth-order valence-corrected chi connectivity index (χ4v) is 1.66. The molecule has 0 saturated heterocycles.